The van der Waals surface area contributed by atoms with E-state index in [0.717, 1.165) is 5.69 Å². The standard InChI is InChI=1S/C13H18ClNO4/c1-3-19-13(17)7-10(16)8-15-9-4-5-11(14)12(6-9)18-2/h4-6,10,15-16H,3,7-8H2,1-2H3. The van der Waals surface area contributed by atoms with Crippen LogP contribution in [0.1, 0.15) is 13.3 Å². The number of carbonyl (C=O) groups excluding carboxylic acids is 1. The van der Waals surface area contributed by atoms with Gasteiger partial charge in [0.15, 0.2) is 0 Å². The molecule has 0 amide bonds. The summed E-state index contributed by atoms with van der Waals surface area (Å²) in [6.45, 7) is 2.28. The Balaban J connectivity index is 2.45. The van der Waals surface area contributed by atoms with E-state index in [1.54, 1.807) is 25.1 Å². The van der Waals surface area contributed by atoms with E-state index in [9.17, 15) is 9.90 Å². The van der Waals surface area contributed by atoms with Gasteiger partial charge in [0.1, 0.15) is 5.75 Å². The molecule has 6 heteroatoms. The largest absolute Gasteiger partial charge is 0.495 e. The Morgan fingerprint density at radius 1 is 1.53 bits per heavy atom. The van der Waals surface area contributed by atoms with Gasteiger partial charge in [0.2, 0.25) is 0 Å². The Hall–Kier alpha value is -1.46. The number of nitrogens with one attached hydrogen (secondary N) is 1. The average Bonchev–Trinajstić information content (AvgIpc) is 2.38. The molecule has 5 nitrogen and oxygen atoms in total. The van der Waals surface area contributed by atoms with Crippen molar-refractivity contribution in [3.05, 3.63) is 23.2 Å². The molecule has 0 aliphatic heterocycles. The minimum Gasteiger partial charge on any atom is -0.495 e. The second-order valence-corrected chi connectivity index (χ2v) is 4.30. The molecule has 0 aliphatic carbocycles. The van der Waals surface area contributed by atoms with Gasteiger partial charge in [-0.3, -0.25) is 4.79 Å². The highest BCUT2D eigenvalue weighted by atomic mass is 35.5. The van der Waals surface area contributed by atoms with Crippen molar-refractivity contribution in [2.75, 3.05) is 25.6 Å². The monoisotopic (exact) mass is 287 g/mol. The molecule has 0 aromatic heterocycles. The van der Waals surface area contributed by atoms with Gasteiger partial charge in [-0.1, -0.05) is 11.6 Å². The lowest BCUT2D eigenvalue weighted by atomic mass is 10.2. The number of hydrogen-bond acceptors (Lipinski definition) is 5. The lowest BCUT2D eigenvalue weighted by Gasteiger charge is -2.13. The first-order chi connectivity index (χ1) is 9.06. The van der Waals surface area contributed by atoms with Gasteiger partial charge in [0.05, 0.1) is 31.3 Å². The van der Waals surface area contributed by atoms with Crippen molar-refractivity contribution in [1.29, 1.82) is 0 Å². The highest BCUT2D eigenvalue weighted by Crippen LogP contribution is 2.27. The summed E-state index contributed by atoms with van der Waals surface area (Å²) in [4.78, 5) is 11.2. The van der Waals surface area contributed by atoms with Crippen LogP contribution >= 0.6 is 11.6 Å². The van der Waals surface area contributed by atoms with E-state index in [1.807, 2.05) is 0 Å². The van der Waals surface area contributed by atoms with Gasteiger partial charge in [0.25, 0.3) is 0 Å². The molecule has 106 valence electrons. The number of carbonyl (C=O) groups is 1. The number of hydrogen-bond donors (Lipinski definition) is 2. The van der Waals surface area contributed by atoms with E-state index in [4.69, 9.17) is 21.1 Å². The van der Waals surface area contributed by atoms with Crippen LogP contribution in [0.15, 0.2) is 18.2 Å². The first-order valence-corrected chi connectivity index (χ1v) is 6.35. The molecule has 1 aromatic carbocycles. The molecule has 1 atom stereocenters. The van der Waals surface area contributed by atoms with Crippen molar-refractivity contribution in [2.45, 2.75) is 19.4 Å². The summed E-state index contributed by atoms with van der Waals surface area (Å²) < 4.78 is 9.83. The minimum atomic E-state index is -0.805. The highest BCUT2D eigenvalue weighted by molar-refractivity contribution is 6.32. The molecule has 1 aromatic rings. The molecular formula is C13H18ClNO4. The summed E-state index contributed by atoms with van der Waals surface area (Å²) in [6.07, 6.45) is -0.841. The van der Waals surface area contributed by atoms with E-state index in [1.165, 1.54) is 7.11 Å². The Morgan fingerprint density at radius 3 is 2.89 bits per heavy atom. The second-order valence-electron chi connectivity index (χ2n) is 3.89. The first-order valence-electron chi connectivity index (χ1n) is 5.98. The summed E-state index contributed by atoms with van der Waals surface area (Å²) in [5, 5.41) is 13.2. The number of rotatable bonds is 7. The quantitative estimate of drug-likeness (QED) is 0.752. The second kappa shape index (κ2) is 7.86. The molecule has 0 saturated heterocycles. The number of esters is 1. The molecule has 1 rings (SSSR count). The predicted octanol–water partition coefficient (Wildman–Crippen LogP) is 2.07. The third-order valence-corrected chi connectivity index (χ3v) is 2.71. The fourth-order valence-electron chi connectivity index (χ4n) is 1.49. The zero-order chi connectivity index (χ0) is 14.3. The number of ether oxygens (including phenoxy) is 2. The third-order valence-electron chi connectivity index (χ3n) is 2.40. The fraction of sp³-hybridized carbons (Fsp3) is 0.462. The number of aliphatic hydroxyl groups is 1. The number of halogens is 1. The van der Waals surface area contributed by atoms with Gasteiger partial charge >= 0.3 is 5.97 Å². The summed E-state index contributed by atoms with van der Waals surface area (Å²) in [5.41, 5.74) is 0.754. The van der Waals surface area contributed by atoms with Crippen LogP contribution in [0.5, 0.6) is 5.75 Å². The first kappa shape index (κ1) is 15.6. The summed E-state index contributed by atoms with van der Waals surface area (Å²) >= 11 is 5.90. The van der Waals surface area contributed by atoms with E-state index >= 15 is 0 Å². The molecule has 0 aliphatic rings. The third kappa shape index (κ3) is 5.36. The van der Waals surface area contributed by atoms with Gasteiger partial charge in [-0.05, 0) is 19.1 Å². The van der Waals surface area contributed by atoms with E-state index in [2.05, 4.69) is 5.32 Å². The number of aliphatic hydroxyl groups excluding tert-OH is 1. The molecule has 0 spiro atoms. The molecule has 0 radical (unpaired) electrons. The number of anilines is 1. The molecule has 0 fully saturated rings. The zero-order valence-corrected chi connectivity index (χ0v) is 11.7. The molecule has 0 heterocycles. The summed E-state index contributed by atoms with van der Waals surface area (Å²) in [5.74, 6) is 0.136. The van der Waals surface area contributed by atoms with Gasteiger partial charge in [-0.25, -0.2) is 0 Å². The minimum absolute atomic E-state index is 0.0361. The van der Waals surface area contributed by atoms with E-state index in [0.29, 0.717) is 17.4 Å². The topological polar surface area (TPSA) is 67.8 Å². The van der Waals surface area contributed by atoms with Crippen LogP contribution in [-0.2, 0) is 9.53 Å². The Morgan fingerprint density at radius 2 is 2.26 bits per heavy atom. The van der Waals surface area contributed by atoms with Gasteiger partial charge < -0.3 is 19.9 Å². The maximum Gasteiger partial charge on any atom is 0.308 e. The average molecular weight is 288 g/mol. The Bertz CT molecular complexity index is 425. The van der Waals surface area contributed by atoms with Crippen molar-refractivity contribution in [3.63, 3.8) is 0 Å². The number of benzene rings is 1. The van der Waals surface area contributed by atoms with Crippen LogP contribution in [0.2, 0.25) is 5.02 Å². The van der Waals surface area contributed by atoms with Crippen molar-refractivity contribution in [2.24, 2.45) is 0 Å². The van der Waals surface area contributed by atoms with Crippen LogP contribution in [-0.4, -0.2) is 37.4 Å². The molecule has 0 bridgehead atoms. The lowest BCUT2D eigenvalue weighted by molar-refractivity contribution is -0.145. The van der Waals surface area contributed by atoms with Crippen molar-refractivity contribution in [3.8, 4) is 5.75 Å². The Kier molecular flexibility index (Phi) is 6.45. The SMILES string of the molecule is CCOC(=O)CC(O)CNc1ccc(Cl)c(OC)c1. The maximum atomic E-state index is 11.2. The summed E-state index contributed by atoms with van der Waals surface area (Å²) in [6, 6.07) is 5.18. The highest BCUT2D eigenvalue weighted by Gasteiger charge is 2.11. The van der Waals surface area contributed by atoms with Gasteiger partial charge in [-0.15, -0.1) is 0 Å². The van der Waals surface area contributed by atoms with Crippen molar-refractivity contribution < 1.29 is 19.4 Å². The van der Waals surface area contributed by atoms with E-state index in [-0.39, 0.29) is 13.0 Å². The predicted molar refractivity (Wildman–Crippen MR) is 73.8 cm³/mol. The molecule has 19 heavy (non-hydrogen) atoms. The van der Waals surface area contributed by atoms with Crippen LogP contribution in [0.25, 0.3) is 0 Å². The van der Waals surface area contributed by atoms with Crippen LogP contribution in [0, 0.1) is 0 Å². The van der Waals surface area contributed by atoms with Crippen LogP contribution < -0.4 is 10.1 Å². The van der Waals surface area contributed by atoms with Crippen molar-refractivity contribution >= 4 is 23.3 Å². The smallest absolute Gasteiger partial charge is 0.308 e. The van der Waals surface area contributed by atoms with E-state index < -0.39 is 12.1 Å². The van der Waals surface area contributed by atoms with Crippen LogP contribution in [0.3, 0.4) is 0 Å². The van der Waals surface area contributed by atoms with Crippen LogP contribution in [0.4, 0.5) is 5.69 Å². The van der Waals surface area contributed by atoms with Gasteiger partial charge in [-0.2, -0.15) is 0 Å². The maximum absolute atomic E-state index is 11.2. The van der Waals surface area contributed by atoms with Gasteiger partial charge in [0, 0.05) is 18.3 Å². The lowest BCUT2D eigenvalue weighted by Crippen LogP contribution is -2.23. The number of methoxy groups -OCH3 is 1. The van der Waals surface area contributed by atoms with Crippen molar-refractivity contribution in [1.82, 2.24) is 0 Å². The molecular weight excluding hydrogens is 270 g/mol. The Labute approximate surface area is 117 Å². The molecule has 2 N–H and O–H groups in total. The molecule has 1 unspecified atom stereocenters. The molecule has 0 saturated carbocycles. The normalized spacial score (nSPS) is 11.8. The fourth-order valence-corrected chi connectivity index (χ4v) is 1.68. The summed E-state index contributed by atoms with van der Waals surface area (Å²) in [7, 11) is 1.53. The zero-order valence-electron chi connectivity index (χ0n) is 11.0.